The van der Waals surface area contributed by atoms with Gasteiger partial charge in [-0.05, 0) is 43.2 Å². The minimum Gasteiger partial charge on any atom is -0.481 e. The molecule has 28 heavy (non-hydrogen) atoms. The number of rotatable bonds is 9. The van der Waals surface area contributed by atoms with Gasteiger partial charge in [0.1, 0.15) is 11.9 Å². The molecule has 2 aromatic rings. The molecule has 5 nitrogen and oxygen atoms in total. The Labute approximate surface area is 163 Å². The number of halogens is 2. The van der Waals surface area contributed by atoms with E-state index in [1.165, 1.54) is 35.2 Å². The lowest BCUT2D eigenvalue weighted by Gasteiger charge is -2.28. The van der Waals surface area contributed by atoms with Crippen molar-refractivity contribution in [2.24, 2.45) is 0 Å². The molecule has 0 heterocycles. The maximum absolute atomic E-state index is 13.7. The average Bonchev–Trinajstić information content (AvgIpc) is 2.70. The van der Waals surface area contributed by atoms with Gasteiger partial charge in [-0.25, -0.2) is 8.78 Å². The fourth-order valence-electron chi connectivity index (χ4n) is 2.55. The molecule has 0 aliphatic rings. The van der Waals surface area contributed by atoms with E-state index in [9.17, 15) is 18.4 Å². The number of carbonyl (C=O) groups excluding carboxylic acids is 2. The molecular weight excluding hydrogens is 366 g/mol. The van der Waals surface area contributed by atoms with Crippen molar-refractivity contribution < 1.29 is 23.1 Å². The number of amides is 2. The fraction of sp³-hybridized carbons (Fsp3) is 0.333. The quantitative estimate of drug-likeness (QED) is 0.715. The summed E-state index contributed by atoms with van der Waals surface area (Å²) in [6.45, 7) is 3.70. The van der Waals surface area contributed by atoms with Gasteiger partial charge in [0.25, 0.3) is 5.91 Å². The summed E-state index contributed by atoms with van der Waals surface area (Å²) in [6, 6.07) is 10.7. The zero-order chi connectivity index (χ0) is 20.5. The number of hydrogen-bond donors (Lipinski definition) is 1. The van der Waals surface area contributed by atoms with Crippen molar-refractivity contribution in [2.75, 3.05) is 13.2 Å². The second kappa shape index (κ2) is 10.4. The van der Waals surface area contributed by atoms with E-state index in [2.05, 4.69) is 5.32 Å². The van der Waals surface area contributed by atoms with Gasteiger partial charge in [0.2, 0.25) is 5.91 Å². The minimum absolute atomic E-state index is 0.0410. The van der Waals surface area contributed by atoms with Crippen LogP contribution in [0.1, 0.15) is 25.8 Å². The highest BCUT2D eigenvalue weighted by Crippen LogP contribution is 2.16. The summed E-state index contributed by atoms with van der Waals surface area (Å²) in [4.78, 5) is 26.4. The highest BCUT2D eigenvalue weighted by atomic mass is 19.1. The summed E-state index contributed by atoms with van der Waals surface area (Å²) < 4.78 is 32.1. The van der Waals surface area contributed by atoms with Gasteiger partial charge in [-0.2, -0.15) is 0 Å². The number of para-hydroxylation sites is 1. The van der Waals surface area contributed by atoms with E-state index in [1.54, 1.807) is 25.1 Å². The van der Waals surface area contributed by atoms with Crippen LogP contribution in [0.25, 0.3) is 0 Å². The maximum Gasteiger partial charge on any atom is 0.261 e. The van der Waals surface area contributed by atoms with Crippen LogP contribution in [0.2, 0.25) is 0 Å². The Balaban J connectivity index is 2.13. The molecule has 0 aromatic heterocycles. The van der Waals surface area contributed by atoms with Gasteiger partial charge in [0.15, 0.2) is 18.2 Å². The molecule has 0 aliphatic heterocycles. The largest absolute Gasteiger partial charge is 0.481 e. The van der Waals surface area contributed by atoms with E-state index in [0.29, 0.717) is 12.1 Å². The smallest absolute Gasteiger partial charge is 0.261 e. The highest BCUT2D eigenvalue weighted by Gasteiger charge is 2.26. The van der Waals surface area contributed by atoms with Gasteiger partial charge in [0.05, 0.1) is 0 Å². The molecule has 0 bridgehead atoms. The van der Waals surface area contributed by atoms with Crippen LogP contribution in [0.5, 0.6) is 5.75 Å². The molecule has 0 saturated carbocycles. The van der Waals surface area contributed by atoms with Crippen LogP contribution >= 0.6 is 0 Å². The van der Waals surface area contributed by atoms with Gasteiger partial charge >= 0.3 is 0 Å². The van der Waals surface area contributed by atoms with Crippen molar-refractivity contribution in [2.45, 2.75) is 32.9 Å². The zero-order valence-corrected chi connectivity index (χ0v) is 16.0. The zero-order valence-electron chi connectivity index (χ0n) is 16.0. The monoisotopic (exact) mass is 390 g/mol. The number of hydrogen-bond acceptors (Lipinski definition) is 3. The lowest BCUT2D eigenvalue weighted by Crippen LogP contribution is -2.49. The van der Waals surface area contributed by atoms with Gasteiger partial charge < -0.3 is 15.0 Å². The summed E-state index contributed by atoms with van der Waals surface area (Å²) in [5.74, 6) is -1.79. The average molecular weight is 390 g/mol. The third kappa shape index (κ3) is 6.04. The Kier molecular flexibility index (Phi) is 7.92. The third-order valence-corrected chi connectivity index (χ3v) is 4.17. The molecule has 0 fully saturated rings. The Morgan fingerprint density at radius 1 is 1.11 bits per heavy atom. The molecule has 1 N–H and O–H groups in total. The summed E-state index contributed by atoms with van der Waals surface area (Å²) in [6.07, 6.45) is 0.765. The van der Waals surface area contributed by atoms with E-state index in [0.717, 1.165) is 6.42 Å². The Hall–Kier alpha value is -2.96. The molecule has 7 heteroatoms. The van der Waals surface area contributed by atoms with Crippen LogP contribution in [0.4, 0.5) is 8.78 Å². The molecule has 0 saturated heterocycles. The van der Waals surface area contributed by atoms with Crippen molar-refractivity contribution in [3.05, 3.63) is 65.7 Å². The first-order valence-electron chi connectivity index (χ1n) is 9.11. The van der Waals surface area contributed by atoms with E-state index in [4.69, 9.17) is 4.74 Å². The summed E-state index contributed by atoms with van der Waals surface area (Å²) in [7, 11) is 0. The van der Waals surface area contributed by atoms with Crippen molar-refractivity contribution >= 4 is 11.8 Å². The molecule has 0 aliphatic carbocycles. The van der Waals surface area contributed by atoms with Gasteiger partial charge in [-0.1, -0.05) is 31.2 Å². The first-order chi connectivity index (χ1) is 13.4. The predicted octanol–water partition coefficient (Wildman–Crippen LogP) is 3.29. The number of benzene rings is 2. The van der Waals surface area contributed by atoms with Crippen molar-refractivity contribution in [1.82, 2.24) is 10.2 Å². The van der Waals surface area contributed by atoms with Gasteiger partial charge in [-0.3, -0.25) is 9.59 Å². The first-order valence-corrected chi connectivity index (χ1v) is 9.11. The molecule has 2 rings (SSSR count). The number of carbonyl (C=O) groups is 2. The Morgan fingerprint density at radius 2 is 1.79 bits per heavy atom. The van der Waals surface area contributed by atoms with E-state index in [1.807, 2.05) is 6.92 Å². The molecular formula is C21H24F2N2O3. The van der Waals surface area contributed by atoms with Gasteiger partial charge in [-0.15, -0.1) is 0 Å². The molecule has 150 valence electrons. The lowest BCUT2D eigenvalue weighted by atomic mass is 10.1. The fourth-order valence-corrected chi connectivity index (χ4v) is 2.55. The predicted molar refractivity (Wildman–Crippen MR) is 102 cm³/mol. The first kappa shape index (κ1) is 21.3. The van der Waals surface area contributed by atoms with Crippen LogP contribution in [-0.2, 0) is 16.1 Å². The summed E-state index contributed by atoms with van der Waals surface area (Å²) in [5.41, 5.74) is 0.663. The van der Waals surface area contributed by atoms with Crippen molar-refractivity contribution in [1.29, 1.82) is 0 Å². The molecule has 1 atom stereocenters. The number of nitrogens with one attached hydrogen (secondary N) is 1. The lowest BCUT2D eigenvalue weighted by molar-refractivity contribution is -0.142. The Bertz CT molecular complexity index is 796. The molecule has 2 aromatic carbocycles. The van der Waals surface area contributed by atoms with Crippen LogP contribution in [0.15, 0.2) is 48.5 Å². The maximum atomic E-state index is 13.7. The van der Waals surface area contributed by atoms with Crippen molar-refractivity contribution in [3.8, 4) is 5.75 Å². The van der Waals surface area contributed by atoms with Gasteiger partial charge in [0, 0.05) is 13.1 Å². The molecule has 0 radical (unpaired) electrons. The summed E-state index contributed by atoms with van der Waals surface area (Å²) >= 11 is 0. The third-order valence-electron chi connectivity index (χ3n) is 4.17. The van der Waals surface area contributed by atoms with E-state index >= 15 is 0 Å². The second-order valence-electron chi connectivity index (χ2n) is 6.33. The van der Waals surface area contributed by atoms with E-state index in [-0.39, 0.29) is 18.2 Å². The van der Waals surface area contributed by atoms with E-state index < -0.39 is 30.2 Å². The molecule has 0 unspecified atom stereocenters. The highest BCUT2D eigenvalue weighted by molar-refractivity contribution is 5.87. The normalized spacial score (nSPS) is 11.6. The second-order valence-corrected chi connectivity index (χ2v) is 6.33. The van der Waals surface area contributed by atoms with Crippen LogP contribution < -0.4 is 10.1 Å². The van der Waals surface area contributed by atoms with Crippen LogP contribution in [0, 0.1) is 11.6 Å². The topological polar surface area (TPSA) is 58.6 Å². The molecule has 0 spiro atoms. The number of ether oxygens (including phenoxy) is 1. The van der Waals surface area contributed by atoms with Crippen LogP contribution in [0.3, 0.4) is 0 Å². The Morgan fingerprint density at radius 3 is 2.43 bits per heavy atom. The standard InChI is InChI=1S/C21H24F2N2O3/c1-3-12-24-21(27)15(2)25(13-16-8-10-17(22)11-9-16)20(26)14-28-19-7-5-4-6-18(19)23/h4-11,15H,3,12-14H2,1-2H3,(H,24,27)/t15-/m0/s1. The summed E-state index contributed by atoms with van der Waals surface area (Å²) in [5, 5.41) is 2.75. The molecule has 2 amide bonds. The minimum atomic E-state index is -0.770. The number of nitrogens with zero attached hydrogens (tertiary/aromatic N) is 1. The SMILES string of the molecule is CCCNC(=O)[C@H](C)N(Cc1ccc(F)cc1)C(=O)COc1ccccc1F. The van der Waals surface area contributed by atoms with Crippen molar-refractivity contribution in [3.63, 3.8) is 0 Å². The van der Waals surface area contributed by atoms with Crippen LogP contribution in [-0.4, -0.2) is 35.9 Å².